The summed E-state index contributed by atoms with van der Waals surface area (Å²) in [5, 5.41) is 9.74. The molecular formula is C26H24F7NO4. The second kappa shape index (κ2) is 9.55. The Balaban J connectivity index is 1.72. The molecule has 2 aromatic carbocycles. The van der Waals surface area contributed by atoms with E-state index in [9.17, 15) is 45.4 Å². The van der Waals surface area contributed by atoms with Gasteiger partial charge in [0.25, 0.3) is 0 Å². The summed E-state index contributed by atoms with van der Waals surface area (Å²) in [7, 11) is 0. The number of carbonyl (C=O) groups is 2. The van der Waals surface area contributed by atoms with E-state index < -0.39 is 70.8 Å². The average molecular weight is 547 g/mol. The van der Waals surface area contributed by atoms with Crippen molar-refractivity contribution in [3.05, 3.63) is 70.5 Å². The van der Waals surface area contributed by atoms with Gasteiger partial charge in [0.1, 0.15) is 5.82 Å². The summed E-state index contributed by atoms with van der Waals surface area (Å²) < 4.78 is 99.9. The van der Waals surface area contributed by atoms with Crippen LogP contribution in [-0.4, -0.2) is 40.6 Å². The fourth-order valence-corrected chi connectivity index (χ4v) is 5.34. The van der Waals surface area contributed by atoms with E-state index >= 15 is 0 Å². The number of carboxylic acids is 1. The molecule has 2 heterocycles. The lowest BCUT2D eigenvalue weighted by Crippen LogP contribution is -2.50. The van der Waals surface area contributed by atoms with Crippen LogP contribution < -0.4 is 0 Å². The molecule has 0 radical (unpaired) electrons. The number of piperidine rings is 1. The lowest BCUT2D eigenvalue weighted by atomic mass is 9.73. The fraction of sp³-hybridized carbons (Fsp3) is 0.462. The lowest BCUT2D eigenvalue weighted by Gasteiger charge is -2.40. The van der Waals surface area contributed by atoms with Gasteiger partial charge in [0.15, 0.2) is 0 Å². The number of hydrogen-bond acceptors (Lipinski definition) is 3. The van der Waals surface area contributed by atoms with Crippen molar-refractivity contribution >= 4 is 11.9 Å². The Labute approximate surface area is 213 Å². The van der Waals surface area contributed by atoms with Crippen molar-refractivity contribution in [2.24, 2.45) is 5.41 Å². The minimum Gasteiger partial charge on any atom is -0.481 e. The van der Waals surface area contributed by atoms with Crippen molar-refractivity contribution in [3.8, 4) is 0 Å². The number of hydrogen-bond donors (Lipinski definition) is 1. The zero-order valence-corrected chi connectivity index (χ0v) is 20.2. The molecule has 12 heteroatoms. The van der Waals surface area contributed by atoms with Gasteiger partial charge in [-0.15, -0.1) is 0 Å². The minimum absolute atomic E-state index is 0.0266. The third-order valence-electron chi connectivity index (χ3n) is 7.34. The Morgan fingerprint density at radius 3 is 2.11 bits per heavy atom. The zero-order valence-electron chi connectivity index (χ0n) is 20.2. The van der Waals surface area contributed by atoms with Crippen LogP contribution in [0.1, 0.15) is 61.0 Å². The quantitative estimate of drug-likeness (QED) is 0.454. The second-order valence-electron chi connectivity index (χ2n) is 10.1. The molecule has 5 nitrogen and oxygen atoms in total. The molecule has 0 spiro atoms. The predicted molar refractivity (Wildman–Crippen MR) is 119 cm³/mol. The van der Waals surface area contributed by atoms with E-state index in [0.717, 1.165) is 0 Å². The summed E-state index contributed by atoms with van der Waals surface area (Å²) in [6, 6.07) is 5.72. The Kier molecular flexibility index (Phi) is 7.00. The molecule has 0 aromatic heterocycles. The van der Waals surface area contributed by atoms with Gasteiger partial charge >= 0.3 is 18.3 Å². The molecule has 38 heavy (non-hydrogen) atoms. The highest BCUT2D eigenvalue weighted by Gasteiger charge is 2.54. The first-order chi connectivity index (χ1) is 17.5. The molecular weight excluding hydrogens is 523 g/mol. The van der Waals surface area contributed by atoms with Gasteiger partial charge in [-0.1, -0.05) is 12.1 Å². The monoisotopic (exact) mass is 547 g/mol. The van der Waals surface area contributed by atoms with Crippen molar-refractivity contribution in [1.82, 2.24) is 4.90 Å². The summed E-state index contributed by atoms with van der Waals surface area (Å²) in [6.07, 6.45) is -12.5. The molecule has 1 amide bonds. The molecule has 0 bridgehead atoms. The number of nitrogens with zero attached hydrogens (tertiary/aromatic N) is 1. The van der Waals surface area contributed by atoms with E-state index in [4.69, 9.17) is 4.74 Å². The van der Waals surface area contributed by atoms with Gasteiger partial charge in [0, 0.05) is 24.9 Å². The van der Waals surface area contributed by atoms with Crippen LogP contribution in [0.2, 0.25) is 0 Å². The van der Waals surface area contributed by atoms with Crippen LogP contribution in [0.3, 0.4) is 0 Å². The largest absolute Gasteiger partial charge is 0.481 e. The number of carboxylic acid groups (broad SMARTS) is 1. The van der Waals surface area contributed by atoms with Gasteiger partial charge in [0.2, 0.25) is 5.91 Å². The zero-order chi connectivity index (χ0) is 28.2. The number of rotatable bonds is 5. The summed E-state index contributed by atoms with van der Waals surface area (Å²) in [5.74, 6) is -2.89. The summed E-state index contributed by atoms with van der Waals surface area (Å²) in [5.41, 5.74) is -4.22. The summed E-state index contributed by atoms with van der Waals surface area (Å²) in [4.78, 5) is 26.3. The van der Waals surface area contributed by atoms with E-state index in [1.165, 1.54) is 43.0 Å². The smallest absolute Gasteiger partial charge is 0.416 e. The van der Waals surface area contributed by atoms with E-state index in [1.54, 1.807) is 0 Å². The molecule has 2 saturated heterocycles. The van der Waals surface area contributed by atoms with E-state index in [-0.39, 0.29) is 31.0 Å². The number of fused-ring (bicyclic) bond motifs is 1. The normalized spacial score (nSPS) is 26.8. The molecule has 2 fully saturated rings. The van der Waals surface area contributed by atoms with E-state index in [2.05, 4.69) is 0 Å². The highest BCUT2D eigenvalue weighted by atomic mass is 19.4. The first-order valence-corrected chi connectivity index (χ1v) is 11.7. The molecule has 5 atom stereocenters. The molecule has 0 saturated carbocycles. The highest BCUT2D eigenvalue weighted by Crippen LogP contribution is 2.48. The average Bonchev–Trinajstić information content (AvgIpc) is 3.16. The molecule has 3 unspecified atom stereocenters. The second-order valence-corrected chi connectivity index (χ2v) is 10.1. The van der Waals surface area contributed by atoms with E-state index in [1.807, 2.05) is 0 Å². The number of alkyl halides is 6. The van der Waals surface area contributed by atoms with Crippen LogP contribution in [0, 0.1) is 11.2 Å². The maximum absolute atomic E-state index is 13.6. The number of amides is 1. The molecule has 1 N–H and O–H groups in total. The first-order valence-electron chi connectivity index (χ1n) is 11.7. The number of benzene rings is 2. The number of ether oxygens (including phenoxy) is 1. The Morgan fingerprint density at radius 1 is 1.05 bits per heavy atom. The third-order valence-corrected chi connectivity index (χ3v) is 7.34. The van der Waals surface area contributed by atoms with Crippen molar-refractivity contribution in [3.63, 3.8) is 0 Å². The maximum atomic E-state index is 13.6. The van der Waals surface area contributed by atoms with Gasteiger partial charge in [-0.25, -0.2) is 4.39 Å². The maximum Gasteiger partial charge on any atom is 0.416 e. The number of aliphatic carboxylic acids is 1. The minimum atomic E-state index is -5.03. The Bertz CT molecular complexity index is 1200. The fourth-order valence-electron chi connectivity index (χ4n) is 5.34. The van der Waals surface area contributed by atoms with Crippen molar-refractivity contribution < 1.29 is 50.2 Å². The lowest BCUT2D eigenvalue weighted by molar-refractivity contribution is -0.159. The van der Waals surface area contributed by atoms with Crippen LogP contribution in [0.5, 0.6) is 0 Å². The summed E-state index contributed by atoms with van der Waals surface area (Å²) in [6.45, 7) is 2.68. The molecule has 0 aliphatic carbocycles. The van der Waals surface area contributed by atoms with Crippen LogP contribution in [-0.2, 0) is 26.7 Å². The predicted octanol–water partition coefficient (Wildman–Crippen LogP) is 6.19. The topological polar surface area (TPSA) is 66.8 Å². The number of halogens is 7. The van der Waals surface area contributed by atoms with Crippen LogP contribution in [0.25, 0.3) is 0 Å². The molecule has 206 valence electrons. The molecule has 2 aromatic rings. The van der Waals surface area contributed by atoms with Crippen molar-refractivity contribution in [2.45, 2.75) is 63.2 Å². The van der Waals surface area contributed by atoms with Gasteiger partial charge < -0.3 is 14.7 Å². The standard InChI is InChI=1S/C26H24F7NO4/c1-13(15-7-16(25(28,29)30)9-17(8-15)26(31,32)33)38-20-12-34-19(10-24(2,23(36)37)11-21(34)35)22(20)14-3-5-18(27)6-4-14/h3-9,13,19-20,22H,10-12H2,1-2H3,(H,36,37)/t13-,19?,20+,22?,24?/m1/s1. The van der Waals surface area contributed by atoms with Gasteiger partial charge in [-0.2, -0.15) is 26.3 Å². The third kappa shape index (κ3) is 5.36. The SMILES string of the molecule is C[C@@H](O[C@H]1CN2C(=O)CC(C)(C(=O)O)CC2C1c1ccc(F)cc1)c1cc(C(F)(F)F)cc(C(F)(F)F)c1. The Morgan fingerprint density at radius 2 is 1.61 bits per heavy atom. The van der Waals surface area contributed by atoms with Crippen molar-refractivity contribution in [1.29, 1.82) is 0 Å². The number of carbonyl (C=O) groups excluding carboxylic acids is 1. The van der Waals surface area contributed by atoms with Gasteiger partial charge in [-0.05, 0) is 61.7 Å². The van der Waals surface area contributed by atoms with Gasteiger partial charge in [-0.3, -0.25) is 9.59 Å². The van der Waals surface area contributed by atoms with Crippen LogP contribution in [0.4, 0.5) is 30.7 Å². The van der Waals surface area contributed by atoms with Gasteiger partial charge in [0.05, 0.1) is 28.7 Å². The molecule has 2 aliphatic heterocycles. The highest BCUT2D eigenvalue weighted by molar-refractivity contribution is 5.87. The van der Waals surface area contributed by atoms with E-state index in [0.29, 0.717) is 17.7 Å². The van der Waals surface area contributed by atoms with Crippen LogP contribution in [0.15, 0.2) is 42.5 Å². The van der Waals surface area contributed by atoms with Crippen LogP contribution >= 0.6 is 0 Å². The first kappa shape index (κ1) is 27.9. The molecule has 2 aliphatic rings. The van der Waals surface area contributed by atoms with Crippen molar-refractivity contribution in [2.75, 3.05) is 6.54 Å². The molecule has 4 rings (SSSR count). The summed E-state index contributed by atoms with van der Waals surface area (Å²) >= 11 is 0. The Hall–Kier alpha value is -3.15.